The van der Waals surface area contributed by atoms with E-state index >= 15 is 0 Å². The molecule has 0 radical (unpaired) electrons. The maximum Gasteiger partial charge on any atom is 0.128 e. The number of rotatable bonds is 9. The standard InChI is InChI=1S/C19H23ClOS/c1-2-3-4-7-12-22-19-17-9-6-5-8-15(17)10-11-18(19)16(13-20)14-21/h5-6,8-11,14,16H,2-4,7,12-13H2,1H3. The number of unbranched alkanes of at least 4 members (excludes halogenated alkanes) is 3. The lowest BCUT2D eigenvalue weighted by atomic mass is 9.98. The summed E-state index contributed by atoms with van der Waals surface area (Å²) in [5, 5.41) is 2.46. The molecular formula is C19H23ClOS. The first kappa shape index (κ1) is 17.4. The molecule has 0 fully saturated rings. The number of carbonyl (C=O) groups is 1. The molecule has 0 heterocycles. The predicted molar refractivity (Wildman–Crippen MR) is 98.3 cm³/mol. The maximum absolute atomic E-state index is 11.3. The van der Waals surface area contributed by atoms with Gasteiger partial charge in [-0.25, -0.2) is 0 Å². The van der Waals surface area contributed by atoms with Crippen molar-refractivity contribution in [2.45, 2.75) is 43.4 Å². The fraction of sp³-hybridized carbons (Fsp3) is 0.421. The molecule has 1 unspecified atom stereocenters. The van der Waals surface area contributed by atoms with E-state index in [1.807, 2.05) is 11.8 Å². The summed E-state index contributed by atoms with van der Waals surface area (Å²) in [6.45, 7) is 2.23. The summed E-state index contributed by atoms with van der Waals surface area (Å²) in [4.78, 5) is 12.6. The molecule has 2 rings (SSSR count). The van der Waals surface area contributed by atoms with Gasteiger partial charge in [-0.15, -0.1) is 23.4 Å². The summed E-state index contributed by atoms with van der Waals surface area (Å²) in [5.41, 5.74) is 1.07. The van der Waals surface area contributed by atoms with Crippen LogP contribution in [0.25, 0.3) is 10.8 Å². The van der Waals surface area contributed by atoms with Crippen molar-refractivity contribution in [1.29, 1.82) is 0 Å². The fourth-order valence-electron chi connectivity index (χ4n) is 2.61. The van der Waals surface area contributed by atoms with Crippen LogP contribution in [0.3, 0.4) is 0 Å². The van der Waals surface area contributed by atoms with Gasteiger partial charge < -0.3 is 4.79 Å². The summed E-state index contributed by atoms with van der Waals surface area (Å²) in [6.07, 6.45) is 6.01. The van der Waals surface area contributed by atoms with Gasteiger partial charge in [0.05, 0.1) is 5.92 Å². The zero-order valence-corrected chi connectivity index (χ0v) is 14.6. The number of aldehydes is 1. The number of fused-ring (bicyclic) bond motifs is 1. The van der Waals surface area contributed by atoms with E-state index in [0.29, 0.717) is 5.88 Å². The van der Waals surface area contributed by atoms with Crippen LogP contribution in [-0.4, -0.2) is 17.9 Å². The van der Waals surface area contributed by atoms with Crippen molar-refractivity contribution in [2.75, 3.05) is 11.6 Å². The van der Waals surface area contributed by atoms with Crippen molar-refractivity contribution in [3.8, 4) is 0 Å². The lowest BCUT2D eigenvalue weighted by molar-refractivity contribution is -0.108. The molecule has 0 saturated heterocycles. The van der Waals surface area contributed by atoms with E-state index in [2.05, 4.69) is 43.3 Å². The average Bonchev–Trinajstić information content (AvgIpc) is 2.56. The summed E-state index contributed by atoms with van der Waals surface area (Å²) in [6, 6.07) is 12.5. The largest absolute Gasteiger partial charge is 0.303 e. The quantitative estimate of drug-likeness (QED) is 0.241. The minimum atomic E-state index is -0.218. The molecular weight excluding hydrogens is 312 g/mol. The van der Waals surface area contributed by atoms with Gasteiger partial charge in [0.25, 0.3) is 0 Å². The van der Waals surface area contributed by atoms with Crippen LogP contribution < -0.4 is 0 Å². The highest BCUT2D eigenvalue weighted by Crippen LogP contribution is 2.36. The average molecular weight is 335 g/mol. The summed E-state index contributed by atoms with van der Waals surface area (Å²) < 4.78 is 0. The van der Waals surface area contributed by atoms with E-state index in [0.717, 1.165) is 17.6 Å². The maximum atomic E-state index is 11.3. The molecule has 0 saturated carbocycles. The lowest BCUT2D eigenvalue weighted by Crippen LogP contribution is -2.04. The van der Waals surface area contributed by atoms with E-state index in [1.54, 1.807) is 0 Å². The van der Waals surface area contributed by atoms with Gasteiger partial charge in [-0.1, -0.05) is 62.6 Å². The molecule has 0 bridgehead atoms. The van der Waals surface area contributed by atoms with Crippen LogP contribution in [-0.2, 0) is 4.79 Å². The molecule has 3 heteroatoms. The van der Waals surface area contributed by atoms with Crippen molar-refractivity contribution in [3.05, 3.63) is 42.0 Å². The monoisotopic (exact) mass is 334 g/mol. The number of halogens is 1. The van der Waals surface area contributed by atoms with Gasteiger partial charge in [0.15, 0.2) is 0 Å². The van der Waals surface area contributed by atoms with Gasteiger partial charge in [-0.2, -0.15) is 0 Å². The van der Waals surface area contributed by atoms with Crippen LogP contribution in [0.15, 0.2) is 41.3 Å². The first-order chi connectivity index (χ1) is 10.8. The van der Waals surface area contributed by atoms with Crippen LogP contribution in [0.4, 0.5) is 0 Å². The van der Waals surface area contributed by atoms with Crippen LogP contribution in [0.1, 0.15) is 44.1 Å². The van der Waals surface area contributed by atoms with Crippen molar-refractivity contribution < 1.29 is 4.79 Å². The predicted octanol–water partition coefficient (Wildman–Crippen LogP) is 6.03. The molecule has 118 valence electrons. The SMILES string of the molecule is CCCCCCSc1c(C(C=O)CCl)ccc2ccccc12. The van der Waals surface area contributed by atoms with E-state index in [1.165, 1.54) is 41.4 Å². The third-order valence-corrected chi connectivity index (χ3v) is 5.45. The number of benzene rings is 2. The number of thioether (sulfide) groups is 1. The molecule has 0 aliphatic rings. The Hall–Kier alpha value is -0.990. The Kier molecular flexibility index (Phi) is 7.28. The zero-order chi connectivity index (χ0) is 15.8. The minimum Gasteiger partial charge on any atom is -0.303 e. The first-order valence-corrected chi connectivity index (χ1v) is 9.49. The highest BCUT2D eigenvalue weighted by atomic mass is 35.5. The molecule has 1 nitrogen and oxygen atoms in total. The molecule has 0 N–H and O–H groups in total. The van der Waals surface area contributed by atoms with Crippen LogP contribution in [0, 0.1) is 0 Å². The number of hydrogen-bond acceptors (Lipinski definition) is 2. The van der Waals surface area contributed by atoms with Gasteiger partial charge in [0.2, 0.25) is 0 Å². The summed E-state index contributed by atoms with van der Waals surface area (Å²) >= 11 is 7.86. The van der Waals surface area contributed by atoms with Gasteiger partial charge in [0.1, 0.15) is 6.29 Å². The Morgan fingerprint density at radius 3 is 2.68 bits per heavy atom. The third kappa shape index (κ3) is 4.27. The fourth-order valence-corrected chi connectivity index (χ4v) is 4.13. The number of hydrogen-bond donors (Lipinski definition) is 0. The van der Waals surface area contributed by atoms with Gasteiger partial charge in [-0.3, -0.25) is 0 Å². The molecule has 0 aliphatic carbocycles. The topological polar surface area (TPSA) is 17.1 Å². The lowest BCUT2D eigenvalue weighted by Gasteiger charge is -2.16. The molecule has 0 spiro atoms. The van der Waals surface area contributed by atoms with Crippen LogP contribution >= 0.6 is 23.4 Å². The smallest absolute Gasteiger partial charge is 0.128 e. The second-order valence-electron chi connectivity index (χ2n) is 5.51. The van der Waals surface area contributed by atoms with Gasteiger partial charge >= 0.3 is 0 Å². The van der Waals surface area contributed by atoms with Gasteiger partial charge in [-0.05, 0) is 28.5 Å². The van der Waals surface area contributed by atoms with E-state index < -0.39 is 0 Å². The summed E-state index contributed by atoms with van der Waals surface area (Å²) in [5.74, 6) is 1.21. The zero-order valence-electron chi connectivity index (χ0n) is 13.1. The molecule has 1 atom stereocenters. The highest BCUT2D eigenvalue weighted by Gasteiger charge is 2.16. The third-order valence-electron chi connectivity index (χ3n) is 3.88. The first-order valence-electron chi connectivity index (χ1n) is 7.97. The number of alkyl halides is 1. The Morgan fingerprint density at radius 2 is 1.95 bits per heavy atom. The molecule has 2 aromatic rings. The minimum absolute atomic E-state index is 0.218. The highest BCUT2D eigenvalue weighted by molar-refractivity contribution is 7.99. The molecule has 2 aromatic carbocycles. The molecule has 0 aliphatic heterocycles. The van der Waals surface area contributed by atoms with Crippen molar-refractivity contribution in [3.63, 3.8) is 0 Å². The Morgan fingerprint density at radius 1 is 1.14 bits per heavy atom. The normalized spacial score (nSPS) is 12.5. The molecule has 22 heavy (non-hydrogen) atoms. The Balaban J connectivity index is 2.29. The van der Waals surface area contributed by atoms with E-state index in [9.17, 15) is 4.79 Å². The molecule has 0 amide bonds. The molecule has 0 aromatic heterocycles. The van der Waals surface area contributed by atoms with E-state index in [-0.39, 0.29) is 5.92 Å². The van der Waals surface area contributed by atoms with Crippen molar-refractivity contribution in [2.24, 2.45) is 0 Å². The Labute approximate surface area is 142 Å². The van der Waals surface area contributed by atoms with Crippen molar-refractivity contribution in [1.82, 2.24) is 0 Å². The van der Waals surface area contributed by atoms with Gasteiger partial charge in [0, 0.05) is 10.8 Å². The van der Waals surface area contributed by atoms with Crippen molar-refractivity contribution >= 4 is 40.4 Å². The van der Waals surface area contributed by atoms with E-state index in [4.69, 9.17) is 11.6 Å². The number of carbonyl (C=O) groups excluding carboxylic acids is 1. The summed E-state index contributed by atoms with van der Waals surface area (Å²) in [7, 11) is 0. The van der Waals surface area contributed by atoms with Crippen LogP contribution in [0.5, 0.6) is 0 Å². The second kappa shape index (κ2) is 9.22. The Bertz CT molecular complexity index is 611. The second-order valence-corrected chi connectivity index (χ2v) is 6.92. The van der Waals surface area contributed by atoms with Crippen LogP contribution in [0.2, 0.25) is 0 Å².